The molecule has 1 atom stereocenters. The highest BCUT2D eigenvalue weighted by Crippen LogP contribution is 2.33. The first-order valence-electron chi connectivity index (χ1n) is 12.0. The molecule has 1 aliphatic rings. The van der Waals surface area contributed by atoms with Crippen LogP contribution in [0.2, 0.25) is 0 Å². The number of pyridine rings is 1. The first-order chi connectivity index (χ1) is 17.9. The van der Waals surface area contributed by atoms with Crippen LogP contribution in [0.4, 0.5) is 22.2 Å². The van der Waals surface area contributed by atoms with E-state index in [1.807, 2.05) is 61.5 Å². The number of ether oxygens (including phenoxy) is 2. The number of aromatic nitrogens is 3. The number of nitrogens with zero attached hydrogens (tertiary/aromatic N) is 4. The molecule has 190 valence electrons. The zero-order valence-corrected chi connectivity index (χ0v) is 21.0. The monoisotopic (exact) mass is 499 g/mol. The highest BCUT2D eigenvalue weighted by Gasteiger charge is 2.27. The number of anilines is 3. The summed E-state index contributed by atoms with van der Waals surface area (Å²) in [5.74, 6) is 2.09. The molecule has 0 unspecified atom stereocenters. The topological polar surface area (TPSA) is 128 Å². The summed E-state index contributed by atoms with van der Waals surface area (Å²) in [4.78, 5) is 28.5. The maximum Gasteiger partial charge on any atom is 0.319 e. The number of nitrogen functional groups attached to an aromatic ring is 1. The Labute approximate surface area is 214 Å². The van der Waals surface area contributed by atoms with Crippen molar-refractivity contribution in [1.29, 1.82) is 0 Å². The standard InChI is InChI=1S/C27H29N7O3/c1-16-5-4-6-18(13-16)29-27(35)30-19-11-12-34(15-19)25-24-21(32-26(28)33-25)9-8-20(31-24)17-7-10-22(36-2)23(14-17)37-3/h4-10,13-14,19H,11-12,15H2,1-3H3,(H2,28,32,33)(H2,29,30,35)/t19-/m1/s1. The molecule has 1 aliphatic heterocycles. The van der Waals surface area contributed by atoms with E-state index in [4.69, 9.17) is 20.2 Å². The number of nitrogens with two attached hydrogens (primary N) is 1. The summed E-state index contributed by atoms with van der Waals surface area (Å²) in [5.41, 5.74) is 10.8. The number of amides is 2. The lowest BCUT2D eigenvalue weighted by Gasteiger charge is -2.20. The molecule has 0 spiro atoms. The van der Waals surface area contributed by atoms with Gasteiger partial charge < -0.3 is 30.7 Å². The third-order valence-corrected chi connectivity index (χ3v) is 6.32. The molecule has 5 rings (SSSR count). The van der Waals surface area contributed by atoms with Crippen LogP contribution in [-0.2, 0) is 0 Å². The summed E-state index contributed by atoms with van der Waals surface area (Å²) in [6.07, 6.45) is 0.766. The third-order valence-electron chi connectivity index (χ3n) is 6.32. The first kappa shape index (κ1) is 24.1. The molecule has 2 aromatic heterocycles. The van der Waals surface area contributed by atoms with E-state index in [9.17, 15) is 4.79 Å². The van der Waals surface area contributed by atoms with Crippen molar-refractivity contribution < 1.29 is 14.3 Å². The van der Waals surface area contributed by atoms with Crippen molar-refractivity contribution in [2.75, 3.05) is 43.3 Å². The Morgan fingerprint density at radius 1 is 1.03 bits per heavy atom. The molecule has 0 radical (unpaired) electrons. The molecular weight excluding hydrogens is 470 g/mol. The average molecular weight is 500 g/mol. The maximum absolute atomic E-state index is 12.6. The predicted molar refractivity (Wildman–Crippen MR) is 144 cm³/mol. The van der Waals surface area contributed by atoms with Gasteiger partial charge in [-0.3, -0.25) is 0 Å². The lowest BCUT2D eigenvalue weighted by molar-refractivity contribution is 0.249. The zero-order valence-electron chi connectivity index (χ0n) is 21.0. The smallest absolute Gasteiger partial charge is 0.319 e. The SMILES string of the molecule is COc1ccc(-c2ccc3nc(N)nc(N4CC[C@@H](NC(=O)Nc5cccc(C)c5)C4)c3n2)cc1OC. The molecule has 4 aromatic rings. The van der Waals surface area contributed by atoms with E-state index in [1.165, 1.54) is 0 Å². The number of carbonyl (C=O) groups excluding carboxylic acids is 1. The number of benzene rings is 2. The minimum atomic E-state index is -0.238. The maximum atomic E-state index is 12.6. The number of carbonyl (C=O) groups is 1. The summed E-state index contributed by atoms with van der Waals surface area (Å²) in [7, 11) is 3.20. The van der Waals surface area contributed by atoms with Crippen LogP contribution in [0.3, 0.4) is 0 Å². The van der Waals surface area contributed by atoms with E-state index in [-0.39, 0.29) is 18.0 Å². The minimum absolute atomic E-state index is 0.0509. The summed E-state index contributed by atoms with van der Waals surface area (Å²) >= 11 is 0. The fourth-order valence-corrected chi connectivity index (χ4v) is 4.54. The normalized spacial score (nSPS) is 15.0. The molecule has 0 bridgehead atoms. The third kappa shape index (κ3) is 5.18. The highest BCUT2D eigenvalue weighted by atomic mass is 16.5. The molecule has 2 aromatic carbocycles. The van der Waals surface area contributed by atoms with Crippen molar-refractivity contribution in [2.24, 2.45) is 0 Å². The molecular formula is C27H29N7O3. The first-order valence-corrected chi connectivity index (χ1v) is 12.0. The van der Waals surface area contributed by atoms with E-state index < -0.39 is 0 Å². The Balaban J connectivity index is 1.37. The summed E-state index contributed by atoms with van der Waals surface area (Å²) in [6.45, 7) is 3.26. The van der Waals surface area contributed by atoms with Gasteiger partial charge in [-0.2, -0.15) is 4.98 Å². The van der Waals surface area contributed by atoms with Gasteiger partial charge in [-0.25, -0.2) is 14.8 Å². The van der Waals surface area contributed by atoms with Gasteiger partial charge in [-0.05, 0) is 61.4 Å². The summed E-state index contributed by atoms with van der Waals surface area (Å²) in [6, 6.07) is 16.8. The fraction of sp³-hybridized carbons (Fsp3) is 0.259. The number of fused-ring (bicyclic) bond motifs is 1. The van der Waals surface area contributed by atoms with Gasteiger partial charge in [-0.1, -0.05) is 12.1 Å². The second-order valence-corrected chi connectivity index (χ2v) is 8.94. The number of hydrogen-bond acceptors (Lipinski definition) is 8. The van der Waals surface area contributed by atoms with Crippen molar-refractivity contribution in [2.45, 2.75) is 19.4 Å². The van der Waals surface area contributed by atoms with Crippen molar-refractivity contribution in [1.82, 2.24) is 20.3 Å². The molecule has 10 heteroatoms. The Bertz CT molecular complexity index is 1460. The zero-order chi connectivity index (χ0) is 25.9. The molecule has 3 heterocycles. The van der Waals surface area contributed by atoms with Crippen LogP contribution in [-0.4, -0.2) is 54.3 Å². The van der Waals surface area contributed by atoms with Crippen LogP contribution < -0.4 is 30.7 Å². The minimum Gasteiger partial charge on any atom is -0.493 e. The second kappa shape index (κ2) is 10.2. The van der Waals surface area contributed by atoms with Gasteiger partial charge in [0.2, 0.25) is 5.95 Å². The van der Waals surface area contributed by atoms with Gasteiger partial charge in [0, 0.05) is 30.4 Å². The molecule has 4 N–H and O–H groups in total. The Hall–Kier alpha value is -4.60. The fourth-order valence-electron chi connectivity index (χ4n) is 4.54. The van der Waals surface area contributed by atoms with Gasteiger partial charge in [0.15, 0.2) is 17.3 Å². The molecule has 0 saturated carbocycles. The van der Waals surface area contributed by atoms with Gasteiger partial charge in [0.1, 0.15) is 5.52 Å². The largest absolute Gasteiger partial charge is 0.493 e. The molecule has 37 heavy (non-hydrogen) atoms. The van der Waals surface area contributed by atoms with E-state index in [1.54, 1.807) is 14.2 Å². The summed E-state index contributed by atoms with van der Waals surface area (Å²) < 4.78 is 10.8. The molecule has 2 amide bonds. The van der Waals surface area contributed by atoms with Gasteiger partial charge >= 0.3 is 6.03 Å². The molecule has 0 aliphatic carbocycles. The number of urea groups is 1. The Kier molecular flexibility index (Phi) is 6.63. The molecule has 1 fully saturated rings. The lowest BCUT2D eigenvalue weighted by atomic mass is 10.1. The van der Waals surface area contributed by atoms with Crippen LogP contribution >= 0.6 is 0 Å². The summed E-state index contributed by atoms with van der Waals surface area (Å²) in [5, 5.41) is 5.96. The van der Waals surface area contributed by atoms with Gasteiger partial charge in [0.25, 0.3) is 0 Å². The van der Waals surface area contributed by atoms with E-state index in [0.29, 0.717) is 41.4 Å². The highest BCUT2D eigenvalue weighted by molar-refractivity contribution is 5.90. The van der Waals surface area contributed by atoms with Crippen LogP contribution in [0.5, 0.6) is 11.5 Å². The quantitative estimate of drug-likeness (QED) is 0.363. The van der Waals surface area contributed by atoms with E-state index in [2.05, 4.69) is 25.5 Å². The van der Waals surface area contributed by atoms with Crippen LogP contribution in [0.15, 0.2) is 54.6 Å². The number of hydrogen-bond donors (Lipinski definition) is 3. The average Bonchev–Trinajstić information content (AvgIpc) is 3.35. The number of methoxy groups -OCH3 is 2. The number of rotatable bonds is 6. The predicted octanol–water partition coefficient (Wildman–Crippen LogP) is 4.00. The molecule has 10 nitrogen and oxygen atoms in total. The van der Waals surface area contributed by atoms with Crippen molar-refractivity contribution >= 4 is 34.5 Å². The van der Waals surface area contributed by atoms with E-state index >= 15 is 0 Å². The van der Waals surface area contributed by atoms with Gasteiger partial charge in [-0.15, -0.1) is 0 Å². The lowest BCUT2D eigenvalue weighted by Crippen LogP contribution is -2.39. The Morgan fingerprint density at radius 2 is 1.86 bits per heavy atom. The molecule has 1 saturated heterocycles. The van der Waals surface area contributed by atoms with Crippen molar-refractivity contribution in [3.8, 4) is 22.8 Å². The van der Waals surface area contributed by atoms with Crippen LogP contribution in [0.1, 0.15) is 12.0 Å². The number of aryl methyl sites for hydroxylation is 1. The van der Waals surface area contributed by atoms with Crippen LogP contribution in [0.25, 0.3) is 22.3 Å². The Morgan fingerprint density at radius 3 is 2.65 bits per heavy atom. The van der Waals surface area contributed by atoms with Crippen molar-refractivity contribution in [3.63, 3.8) is 0 Å². The van der Waals surface area contributed by atoms with Crippen molar-refractivity contribution in [3.05, 3.63) is 60.2 Å². The van der Waals surface area contributed by atoms with Gasteiger partial charge in [0.05, 0.1) is 25.4 Å². The van der Waals surface area contributed by atoms with E-state index in [0.717, 1.165) is 28.9 Å². The van der Waals surface area contributed by atoms with Crippen LogP contribution in [0, 0.1) is 6.92 Å². The second-order valence-electron chi connectivity index (χ2n) is 8.94. The number of nitrogens with one attached hydrogen (secondary N) is 2.